The number of halogens is 1. The minimum absolute atomic E-state index is 0.0919. The van der Waals surface area contributed by atoms with Crippen LogP contribution in [0.3, 0.4) is 0 Å². The molecule has 0 bridgehead atoms. The average molecular weight is 220 g/mol. The lowest BCUT2D eigenvalue weighted by Crippen LogP contribution is -2.16. The number of nitrogens with two attached hydrogens (primary N) is 1. The van der Waals surface area contributed by atoms with Crippen LogP contribution in [0, 0.1) is 0 Å². The summed E-state index contributed by atoms with van der Waals surface area (Å²) in [6.45, 7) is -1.23. The molecule has 3 N–H and O–H groups in total. The van der Waals surface area contributed by atoms with E-state index in [1.54, 1.807) is 0 Å². The number of rotatable bonds is 4. The summed E-state index contributed by atoms with van der Waals surface area (Å²) >= 11 is 0.807. The lowest BCUT2D eigenvalue weighted by atomic mass is 10.4. The molecule has 0 aromatic carbocycles. The molecule has 1 aromatic rings. The molecule has 0 saturated carbocycles. The van der Waals surface area contributed by atoms with Crippen molar-refractivity contribution in [3.8, 4) is 0 Å². The molecule has 0 aliphatic rings. The van der Waals surface area contributed by atoms with Crippen molar-refractivity contribution in [3.05, 3.63) is 5.82 Å². The Morgan fingerprint density at radius 3 is 2.93 bits per heavy atom. The molecule has 1 rings (SSSR count). The summed E-state index contributed by atoms with van der Waals surface area (Å²) in [5, 5.41) is 11.7. The van der Waals surface area contributed by atoms with Crippen LogP contribution in [0.4, 0.5) is 9.52 Å². The number of nitrogens with zero attached hydrogens (tertiary/aromatic N) is 3. The third kappa shape index (κ3) is 2.36. The molecule has 0 aliphatic carbocycles. The monoisotopic (exact) mass is 220 g/mol. The van der Waals surface area contributed by atoms with Gasteiger partial charge < -0.3 is 15.7 Å². The second-order valence-electron chi connectivity index (χ2n) is 1.94. The molecule has 76 valence electrons. The van der Waals surface area contributed by atoms with Crippen LogP contribution in [-0.2, 0) is 9.63 Å². The van der Waals surface area contributed by atoms with Crippen LogP contribution in [-0.4, -0.2) is 33.0 Å². The molecule has 0 atom stereocenters. The maximum Gasteiger partial charge on any atom is 0.362 e. The van der Waals surface area contributed by atoms with Crippen LogP contribution in [0.5, 0.6) is 0 Å². The third-order valence-electron chi connectivity index (χ3n) is 1.06. The molecule has 0 unspecified atom stereocenters. The number of anilines is 1. The highest BCUT2D eigenvalue weighted by Gasteiger charge is 2.18. The van der Waals surface area contributed by atoms with E-state index in [1.165, 1.54) is 0 Å². The highest BCUT2D eigenvalue weighted by molar-refractivity contribution is 7.09. The smallest absolute Gasteiger partial charge is 0.362 e. The molecule has 9 heteroatoms. The first kappa shape index (κ1) is 10.3. The van der Waals surface area contributed by atoms with E-state index in [0.29, 0.717) is 0 Å². The maximum atomic E-state index is 11.6. The summed E-state index contributed by atoms with van der Waals surface area (Å²) in [5.41, 5.74) is 4.64. The van der Waals surface area contributed by atoms with Gasteiger partial charge in [-0.3, -0.25) is 0 Å². The fourth-order valence-electron chi connectivity index (χ4n) is 0.596. The fraction of sp³-hybridized carbons (Fsp3) is 0.200. The van der Waals surface area contributed by atoms with Crippen LogP contribution in [0.2, 0.25) is 0 Å². The number of carboxylic acid groups (broad SMARTS) is 1. The van der Waals surface area contributed by atoms with Crippen LogP contribution in [0.15, 0.2) is 5.16 Å². The first-order chi connectivity index (χ1) is 6.65. The number of carboxylic acids is 1. The SMILES string of the molecule is Nc1nc(/C(=N\OCF)C(=O)O)ns1. The fourth-order valence-corrected chi connectivity index (χ4v) is 1.03. The molecule has 14 heavy (non-hydrogen) atoms. The van der Waals surface area contributed by atoms with Crippen LogP contribution < -0.4 is 5.73 Å². The Morgan fingerprint density at radius 2 is 2.50 bits per heavy atom. The van der Waals surface area contributed by atoms with E-state index in [2.05, 4.69) is 19.4 Å². The second-order valence-corrected chi connectivity index (χ2v) is 2.72. The quantitative estimate of drug-likeness (QED) is 0.539. The molecule has 0 radical (unpaired) electrons. The molecule has 0 amide bonds. The van der Waals surface area contributed by atoms with Gasteiger partial charge in [-0.1, -0.05) is 5.16 Å². The van der Waals surface area contributed by atoms with Gasteiger partial charge in [0.15, 0.2) is 5.13 Å². The lowest BCUT2D eigenvalue weighted by molar-refractivity contribution is -0.129. The van der Waals surface area contributed by atoms with Gasteiger partial charge in [0, 0.05) is 11.5 Å². The van der Waals surface area contributed by atoms with Crippen molar-refractivity contribution in [2.75, 3.05) is 12.6 Å². The van der Waals surface area contributed by atoms with Crippen molar-refractivity contribution in [3.63, 3.8) is 0 Å². The Hall–Kier alpha value is -1.77. The number of nitrogen functional groups attached to an aromatic ring is 1. The molecule has 7 nitrogen and oxygen atoms in total. The van der Waals surface area contributed by atoms with E-state index in [-0.39, 0.29) is 11.0 Å². The number of aliphatic carboxylic acids is 1. The van der Waals surface area contributed by atoms with Gasteiger partial charge >= 0.3 is 5.97 Å². The number of aromatic nitrogens is 2. The van der Waals surface area contributed by atoms with Gasteiger partial charge in [0.25, 0.3) is 6.86 Å². The molecular weight excluding hydrogens is 215 g/mol. The van der Waals surface area contributed by atoms with E-state index in [4.69, 9.17) is 10.8 Å². The van der Waals surface area contributed by atoms with Gasteiger partial charge in [0.2, 0.25) is 11.5 Å². The average Bonchev–Trinajstić information content (AvgIpc) is 2.52. The first-order valence-electron chi connectivity index (χ1n) is 3.24. The normalized spacial score (nSPS) is 11.4. The van der Waals surface area contributed by atoms with Gasteiger partial charge in [-0.2, -0.15) is 9.36 Å². The topological polar surface area (TPSA) is 111 Å². The molecule has 0 aliphatic heterocycles. The van der Waals surface area contributed by atoms with Gasteiger partial charge in [-0.05, 0) is 0 Å². The summed E-state index contributed by atoms with van der Waals surface area (Å²) in [7, 11) is 0. The lowest BCUT2D eigenvalue weighted by Gasteiger charge is -1.94. The summed E-state index contributed by atoms with van der Waals surface area (Å²) < 4.78 is 15.1. The van der Waals surface area contributed by atoms with Crippen molar-refractivity contribution in [1.29, 1.82) is 0 Å². The Balaban J connectivity index is 2.94. The zero-order valence-corrected chi connectivity index (χ0v) is 7.49. The zero-order chi connectivity index (χ0) is 10.6. The van der Waals surface area contributed by atoms with Crippen LogP contribution in [0.1, 0.15) is 5.82 Å². The summed E-state index contributed by atoms with van der Waals surface area (Å²) in [4.78, 5) is 18.1. The third-order valence-corrected chi connectivity index (χ3v) is 1.60. The van der Waals surface area contributed by atoms with E-state index in [0.717, 1.165) is 11.5 Å². The Bertz CT molecular complexity index is 366. The van der Waals surface area contributed by atoms with Crippen molar-refractivity contribution in [1.82, 2.24) is 9.36 Å². The van der Waals surface area contributed by atoms with E-state index >= 15 is 0 Å². The summed E-state index contributed by atoms with van der Waals surface area (Å²) in [6.07, 6.45) is 0. The molecule has 0 fully saturated rings. The van der Waals surface area contributed by atoms with Crippen molar-refractivity contribution in [2.45, 2.75) is 0 Å². The minimum Gasteiger partial charge on any atom is -0.476 e. The molecule has 1 aromatic heterocycles. The molecule has 0 saturated heterocycles. The minimum atomic E-state index is -1.42. The van der Waals surface area contributed by atoms with Gasteiger partial charge in [0.05, 0.1) is 0 Å². The Morgan fingerprint density at radius 1 is 1.79 bits per heavy atom. The number of oxime groups is 1. The van der Waals surface area contributed by atoms with Gasteiger partial charge in [-0.15, -0.1) is 0 Å². The summed E-state index contributed by atoms with van der Waals surface area (Å²) in [6, 6.07) is 0. The second kappa shape index (κ2) is 4.46. The Labute approximate surface area is 81.2 Å². The first-order valence-corrected chi connectivity index (χ1v) is 4.01. The van der Waals surface area contributed by atoms with E-state index in [1.807, 2.05) is 0 Å². The molecular formula is C5H5FN4O3S. The van der Waals surface area contributed by atoms with E-state index in [9.17, 15) is 9.18 Å². The van der Waals surface area contributed by atoms with Crippen molar-refractivity contribution < 1.29 is 19.1 Å². The van der Waals surface area contributed by atoms with E-state index < -0.39 is 18.5 Å². The standard InChI is InChI=1S/C5H5FN4O3S/c6-1-13-9-2(4(11)12)3-8-5(7)14-10-3/h1H2,(H,11,12)(H2,7,8,10)/b9-2+. The molecule has 0 spiro atoms. The summed E-state index contributed by atoms with van der Waals surface area (Å²) in [5.74, 6) is -1.62. The number of alkyl halides is 1. The van der Waals surface area contributed by atoms with Crippen molar-refractivity contribution in [2.24, 2.45) is 5.16 Å². The highest BCUT2D eigenvalue weighted by Crippen LogP contribution is 2.07. The predicted octanol–water partition coefficient (Wildman–Crippen LogP) is -0.147. The van der Waals surface area contributed by atoms with Crippen molar-refractivity contribution >= 4 is 28.3 Å². The van der Waals surface area contributed by atoms with Gasteiger partial charge in [0.1, 0.15) is 0 Å². The zero-order valence-electron chi connectivity index (χ0n) is 6.68. The highest BCUT2D eigenvalue weighted by atomic mass is 32.1. The predicted molar refractivity (Wildman–Crippen MR) is 45.6 cm³/mol. The largest absolute Gasteiger partial charge is 0.476 e. The maximum absolute atomic E-state index is 11.6. The Kier molecular flexibility index (Phi) is 3.29. The molecule has 1 heterocycles. The number of hydrogen-bond donors (Lipinski definition) is 2. The number of carbonyl (C=O) groups is 1. The van der Waals surface area contributed by atoms with Crippen LogP contribution >= 0.6 is 11.5 Å². The number of hydrogen-bond acceptors (Lipinski definition) is 7. The van der Waals surface area contributed by atoms with Gasteiger partial charge in [-0.25, -0.2) is 9.18 Å². The van der Waals surface area contributed by atoms with Crippen LogP contribution in [0.25, 0.3) is 0 Å².